The fourth-order valence-corrected chi connectivity index (χ4v) is 5.33. The highest BCUT2D eigenvalue weighted by molar-refractivity contribution is 5.98. The van der Waals surface area contributed by atoms with Gasteiger partial charge in [-0.05, 0) is 43.7 Å². The topological polar surface area (TPSA) is 68.4 Å². The van der Waals surface area contributed by atoms with Crippen LogP contribution in [-0.2, 0) is 11.3 Å². The first-order valence-corrected chi connectivity index (χ1v) is 11.4. The van der Waals surface area contributed by atoms with Crippen LogP contribution in [0.3, 0.4) is 0 Å². The van der Waals surface area contributed by atoms with Crippen molar-refractivity contribution in [3.8, 4) is 0 Å². The lowest BCUT2D eigenvalue weighted by Gasteiger charge is -2.50. The van der Waals surface area contributed by atoms with Crippen molar-refractivity contribution in [1.82, 2.24) is 20.1 Å². The normalized spacial score (nSPS) is 20.1. The summed E-state index contributed by atoms with van der Waals surface area (Å²) in [5.41, 5.74) is 2.80. The average molecular weight is 431 g/mol. The molecule has 2 saturated heterocycles. The molecular formula is C26H30N4O2. The predicted octanol–water partition coefficient (Wildman–Crippen LogP) is 3.27. The molecule has 0 saturated carbocycles. The molecule has 1 unspecified atom stereocenters. The van der Waals surface area contributed by atoms with E-state index in [0.29, 0.717) is 18.7 Å². The third kappa shape index (κ3) is 3.79. The second-order valence-electron chi connectivity index (χ2n) is 9.67. The van der Waals surface area contributed by atoms with Crippen LogP contribution in [0.5, 0.6) is 0 Å². The average Bonchev–Trinajstić information content (AvgIpc) is 3.36. The van der Waals surface area contributed by atoms with Crippen LogP contribution in [0.1, 0.15) is 29.8 Å². The Labute approximate surface area is 188 Å². The lowest BCUT2D eigenvalue weighted by Crippen LogP contribution is -2.64. The van der Waals surface area contributed by atoms with Crippen molar-refractivity contribution in [3.63, 3.8) is 0 Å². The van der Waals surface area contributed by atoms with Gasteiger partial charge in [0.1, 0.15) is 0 Å². The number of nitrogens with zero attached hydrogens (tertiary/aromatic N) is 2. The fraction of sp³-hybridized carbons (Fsp3) is 0.385. The number of rotatable bonds is 5. The van der Waals surface area contributed by atoms with Gasteiger partial charge in [0.25, 0.3) is 5.91 Å². The Hall–Kier alpha value is -3.12. The summed E-state index contributed by atoms with van der Waals surface area (Å²) >= 11 is 0. The molecule has 1 spiro atoms. The minimum Gasteiger partial charge on any atom is -0.361 e. The first-order chi connectivity index (χ1) is 15.4. The zero-order valence-electron chi connectivity index (χ0n) is 18.7. The van der Waals surface area contributed by atoms with Gasteiger partial charge in [-0.25, -0.2) is 0 Å². The number of H-pyrrole nitrogens is 1. The fourth-order valence-electron chi connectivity index (χ4n) is 5.33. The van der Waals surface area contributed by atoms with Crippen molar-refractivity contribution in [3.05, 3.63) is 71.9 Å². The van der Waals surface area contributed by atoms with E-state index in [9.17, 15) is 9.59 Å². The molecule has 0 bridgehead atoms. The van der Waals surface area contributed by atoms with Crippen LogP contribution in [0.4, 0.5) is 0 Å². The van der Waals surface area contributed by atoms with E-state index in [0.717, 1.165) is 30.5 Å². The first kappa shape index (κ1) is 20.8. The molecule has 5 rings (SSSR count). The van der Waals surface area contributed by atoms with E-state index in [-0.39, 0.29) is 29.2 Å². The van der Waals surface area contributed by atoms with Gasteiger partial charge in [0.2, 0.25) is 5.91 Å². The third-order valence-electron chi connectivity index (χ3n) is 6.81. The molecule has 166 valence electrons. The van der Waals surface area contributed by atoms with E-state index in [1.54, 1.807) is 0 Å². The van der Waals surface area contributed by atoms with Crippen molar-refractivity contribution in [1.29, 1.82) is 0 Å². The lowest BCUT2D eigenvalue weighted by atomic mass is 9.71. The monoisotopic (exact) mass is 430 g/mol. The smallest absolute Gasteiger partial charge is 0.253 e. The van der Waals surface area contributed by atoms with Crippen molar-refractivity contribution in [2.24, 2.45) is 11.3 Å². The van der Waals surface area contributed by atoms with Crippen molar-refractivity contribution in [2.75, 3.05) is 26.2 Å². The summed E-state index contributed by atoms with van der Waals surface area (Å²) in [4.78, 5) is 33.7. The number of carbonyl (C=O) groups is 2. The number of likely N-dealkylation sites (tertiary alicyclic amines) is 2. The van der Waals surface area contributed by atoms with E-state index < -0.39 is 0 Å². The van der Waals surface area contributed by atoms with Crippen LogP contribution in [0, 0.1) is 11.3 Å². The molecule has 6 heteroatoms. The SMILES string of the molecule is CC(C)NC(=O)C1CN(Cc2ccccc2)CC12CN(C(=O)c1ccc3[nH]ccc3c1)C2. The Morgan fingerprint density at radius 2 is 1.88 bits per heavy atom. The molecule has 3 heterocycles. The van der Waals surface area contributed by atoms with Crippen LogP contribution in [0.15, 0.2) is 60.8 Å². The number of aromatic nitrogens is 1. The standard InChI is InChI=1S/C26H30N4O2/c1-18(2)28-24(31)22-14-29(13-19-6-4-3-5-7-19)15-26(22)16-30(17-26)25(32)21-8-9-23-20(12-21)10-11-27-23/h3-12,18,22,27H,13-17H2,1-2H3,(H,28,31). The zero-order chi connectivity index (χ0) is 22.3. The summed E-state index contributed by atoms with van der Waals surface area (Å²) in [5.74, 6) is 0.0458. The zero-order valence-corrected chi connectivity index (χ0v) is 18.7. The summed E-state index contributed by atoms with van der Waals surface area (Å²) in [6.45, 7) is 7.62. The predicted molar refractivity (Wildman–Crippen MR) is 125 cm³/mol. The number of aromatic amines is 1. The Morgan fingerprint density at radius 3 is 2.62 bits per heavy atom. The minimum atomic E-state index is -0.179. The molecule has 2 amide bonds. The molecule has 32 heavy (non-hydrogen) atoms. The van der Waals surface area contributed by atoms with Gasteiger partial charge < -0.3 is 15.2 Å². The van der Waals surface area contributed by atoms with Gasteiger partial charge in [-0.3, -0.25) is 14.5 Å². The molecule has 2 fully saturated rings. The number of carbonyl (C=O) groups excluding carboxylic acids is 2. The second-order valence-corrected chi connectivity index (χ2v) is 9.67. The number of amides is 2. The van der Waals surface area contributed by atoms with Crippen LogP contribution in [0.2, 0.25) is 0 Å². The van der Waals surface area contributed by atoms with Gasteiger partial charge in [-0.1, -0.05) is 30.3 Å². The first-order valence-electron chi connectivity index (χ1n) is 11.4. The minimum absolute atomic E-state index is 0.0447. The Kier molecular flexibility index (Phi) is 5.25. The summed E-state index contributed by atoms with van der Waals surface area (Å²) in [6.07, 6.45) is 1.88. The molecule has 2 aliphatic rings. The van der Waals surface area contributed by atoms with Crippen LogP contribution in [-0.4, -0.2) is 58.8 Å². The maximum Gasteiger partial charge on any atom is 0.253 e. The lowest BCUT2D eigenvalue weighted by molar-refractivity contribution is -0.131. The van der Waals surface area contributed by atoms with Crippen molar-refractivity contribution >= 4 is 22.7 Å². The molecule has 0 aliphatic carbocycles. The Morgan fingerprint density at radius 1 is 1.09 bits per heavy atom. The molecule has 1 atom stereocenters. The molecular weight excluding hydrogens is 400 g/mol. The summed E-state index contributed by atoms with van der Waals surface area (Å²) in [5, 5.41) is 4.15. The molecule has 0 radical (unpaired) electrons. The summed E-state index contributed by atoms with van der Waals surface area (Å²) < 4.78 is 0. The van der Waals surface area contributed by atoms with Crippen LogP contribution in [0.25, 0.3) is 10.9 Å². The van der Waals surface area contributed by atoms with Crippen LogP contribution >= 0.6 is 0 Å². The highest BCUT2D eigenvalue weighted by atomic mass is 16.2. The maximum atomic E-state index is 13.2. The highest BCUT2D eigenvalue weighted by Gasteiger charge is 2.57. The summed E-state index contributed by atoms with van der Waals surface area (Å²) in [6, 6.07) is 18.2. The maximum absolute atomic E-state index is 13.2. The molecule has 6 nitrogen and oxygen atoms in total. The third-order valence-corrected chi connectivity index (χ3v) is 6.81. The Balaban J connectivity index is 1.32. The van der Waals surface area contributed by atoms with E-state index in [1.165, 1.54) is 5.56 Å². The number of hydrogen-bond donors (Lipinski definition) is 2. The molecule has 2 aromatic carbocycles. The number of fused-ring (bicyclic) bond motifs is 1. The van der Waals surface area contributed by atoms with E-state index in [1.807, 2.05) is 55.3 Å². The highest BCUT2D eigenvalue weighted by Crippen LogP contribution is 2.45. The number of nitrogens with one attached hydrogen (secondary N) is 2. The molecule has 3 aromatic rings. The van der Waals surface area contributed by atoms with Crippen LogP contribution < -0.4 is 5.32 Å². The van der Waals surface area contributed by atoms with Gasteiger partial charge in [0, 0.05) is 66.8 Å². The molecule has 2 N–H and O–H groups in total. The second kappa shape index (κ2) is 8.10. The summed E-state index contributed by atoms with van der Waals surface area (Å²) in [7, 11) is 0. The Bertz CT molecular complexity index is 1130. The molecule has 2 aliphatic heterocycles. The van der Waals surface area contributed by atoms with Gasteiger partial charge in [0.15, 0.2) is 0 Å². The quantitative estimate of drug-likeness (QED) is 0.653. The number of benzene rings is 2. The van der Waals surface area contributed by atoms with Gasteiger partial charge in [-0.2, -0.15) is 0 Å². The largest absolute Gasteiger partial charge is 0.361 e. The van der Waals surface area contributed by atoms with E-state index >= 15 is 0 Å². The van der Waals surface area contributed by atoms with Crippen molar-refractivity contribution in [2.45, 2.75) is 26.4 Å². The number of hydrogen-bond acceptors (Lipinski definition) is 3. The van der Waals surface area contributed by atoms with Gasteiger partial charge in [0.05, 0.1) is 5.92 Å². The van der Waals surface area contributed by atoms with E-state index in [2.05, 4.69) is 39.5 Å². The van der Waals surface area contributed by atoms with Gasteiger partial charge in [-0.15, -0.1) is 0 Å². The molecule has 1 aromatic heterocycles. The van der Waals surface area contributed by atoms with E-state index in [4.69, 9.17) is 0 Å². The van der Waals surface area contributed by atoms with Gasteiger partial charge >= 0.3 is 0 Å². The van der Waals surface area contributed by atoms with Crippen molar-refractivity contribution < 1.29 is 9.59 Å².